The molecule has 0 aromatic carbocycles. The minimum absolute atomic E-state index is 0.295. The van der Waals surface area contributed by atoms with E-state index in [1.165, 1.54) is 0 Å². The quantitative estimate of drug-likeness (QED) is 0.268. The Hall–Kier alpha value is -0.400. The molecule has 2 aliphatic rings. The van der Waals surface area contributed by atoms with Gasteiger partial charge in [-0.3, -0.25) is 0 Å². The van der Waals surface area contributed by atoms with E-state index in [9.17, 15) is 30.6 Å². The van der Waals surface area contributed by atoms with Gasteiger partial charge in [-0.25, -0.2) is 0 Å². The van der Waals surface area contributed by atoms with Crippen LogP contribution in [0.5, 0.6) is 0 Å². The fourth-order valence-corrected chi connectivity index (χ4v) is 2.26. The Kier molecular flexibility index (Phi) is 5.48. The average Bonchev–Trinajstić information content (AvgIpc) is 2.47. The second kappa shape index (κ2) is 6.79. The summed E-state index contributed by atoms with van der Waals surface area (Å²) in [6.45, 7) is -0.934. The molecule has 0 aromatic heterocycles. The number of ether oxygens (including phenoxy) is 3. The van der Waals surface area contributed by atoms with Gasteiger partial charge in [0.15, 0.2) is 12.6 Å². The van der Waals surface area contributed by atoms with Gasteiger partial charge in [0, 0.05) is 0 Å². The highest BCUT2D eigenvalue weighted by Gasteiger charge is 2.48. The highest BCUT2D eigenvalue weighted by atomic mass is 16.7. The maximum absolute atomic E-state index is 9.78. The molecular weight excluding hydrogens is 292 g/mol. The normalized spacial score (nSPS) is 51.9. The van der Waals surface area contributed by atoms with Crippen LogP contribution in [0.3, 0.4) is 0 Å². The predicted octanol–water partition coefficient (Wildman–Crippen LogP) is -4.76. The monoisotopic (exact) mass is 312 g/mol. The molecule has 2 heterocycles. The summed E-state index contributed by atoms with van der Waals surface area (Å²) in [4.78, 5) is 0. The molecule has 10 nitrogen and oxygen atoms in total. The molecule has 9 atom stereocenters. The standard InChI is InChI=1S/C11H20O10/c12-1-4-6(15)7(16)8(17)11(20-4)21-9-5(14)3(13)2-19-10(9)18/h3-18H,1-2H2/t3-,4+,5+,6+,7+,8+,9-,10+,11-/m0/s1. The Balaban J connectivity index is 2.06. The third-order valence-electron chi connectivity index (χ3n) is 3.59. The minimum atomic E-state index is -1.68. The molecule has 0 spiro atoms. The van der Waals surface area contributed by atoms with Crippen LogP contribution in [0.2, 0.25) is 0 Å². The molecule has 21 heavy (non-hydrogen) atoms. The van der Waals surface area contributed by atoms with Crippen molar-refractivity contribution in [1.29, 1.82) is 0 Å². The topological polar surface area (TPSA) is 169 Å². The number of rotatable bonds is 3. The van der Waals surface area contributed by atoms with Crippen molar-refractivity contribution in [2.24, 2.45) is 0 Å². The third kappa shape index (κ3) is 3.35. The first kappa shape index (κ1) is 17.0. The van der Waals surface area contributed by atoms with Crippen LogP contribution in [0.15, 0.2) is 0 Å². The van der Waals surface area contributed by atoms with Gasteiger partial charge in [-0.1, -0.05) is 0 Å². The molecule has 2 fully saturated rings. The smallest absolute Gasteiger partial charge is 0.187 e. The van der Waals surface area contributed by atoms with Crippen molar-refractivity contribution in [3.8, 4) is 0 Å². The van der Waals surface area contributed by atoms with Gasteiger partial charge in [-0.15, -0.1) is 0 Å². The van der Waals surface area contributed by atoms with Crippen LogP contribution in [0.1, 0.15) is 0 Å². The summed E-state index contributed by atoms with van der Waals surface area (Å²) in [6.07, 6.45) is -13.4. The first-order chi connectivity index (χ1) is 9.86. The molecule has 0 amide bonds. The Morgan fingerprint density at radius 3 is 2.19 bits per heavy atom. The molecule has 0 radical (unpaired) electrons. The van der Waals surface area contributed by atoms with Crippen molar-refractivity contribution >= 4 is 0 Å². The average molecular weight is 312 g/mol. The van der Waals surface area contributed by atoms with Crippen molar-refractivity contribution in [2.75, 3.05) is 13.2 Å². The van der Waals surface area contributed by atoms with E-state index < -0.39 is 61.9 Å². The Morgan fingerprint density at radius 1 is 0.905 bits per heavy atom. The molecule has 0 saturated carbocycles. The van der Waals surface area contributed by atoms with Crippen LogP contribution < -0.4 is 0 Å². The largest absolute Gasteiger partial charge is 0.394 e. The van der Waals surface area contributed by atoms with E-state index in [1.807, 2.05) is 0 Å². The maximum atomic E-state index is 9.78. The van der Waals surface area contributed by atoms with Crippen molar-refractivity contribution in [3.63, 3.8) is 0 Å². The van der Waals surface area contributed by atoms with Crippen molar-refractivity contribution < 1.29 is 50.0 Å². The molecule has 0 aromatic rings. The highest BCUT2D eigenvalue weighted by Crippen LogP contribution is 2.26. The summed E-state index contributed by atoms with van der Waals surface area (Å²) >= 11 is 0. The number of hydrogen-bond donors (Lipinski definition) is 7. The Labute approximate surface area is 119 Å². The molecule has 2 rings (SSSR count). The van der Waals surface area contributed by atoms with Crippen molar-refractivity contribution in [1.82, 2.24) is 0 Å². The van der Waals surface area contributed by atoms with Crippen LogP contribution in [0, 0.1) is 0 Å². The van der Waals surface area contributed by atoms with Crippen molar-refractivity contribution in [3.05, 3.63) is 0 Å². The van der Waals surface area contributed by atoms with Crippen LogP contribution in [-0.2, 0) is 14.2 Å². The number of aliphatic hydroxyl groups excluding tert-OH is 7. The van der Waals surface area contributed by atoms with E-state index in [-0.39, 0.29) is 6.61 Å². The van der Waals surface area contributed by atoms with Crippen LogP contribution >= 0.6 is 0 Å². The van der Waals surface area contributed by atoms with Gasteiger partial charge in [-0.2, -0.15) is 0 Å². The summed E-state index contributed by atoms with van der Waals surface area (Å²) in [6, 6.07) is 0. The van der Waals surface area contributed by atoms with Gasteiger partial charge < -0.3 is 50.0 Å². The molecule has 7 N–H and O–H groups in total. The predicted molar refractivity (Wildman–Crippen MR) is 62.6 cm³/mol. The van der Waals surface area contributed by atoms with E-state index >= 15 is 0 Å². The van der Waals surface area contributed by atoms with Gasteiger partial charge in [0.25, 0.3) is 0 Å². The fraction of sp³-hybridized carbons (Fsp3) is 1.00. The first-order valence-corrected chi connectivity index (χ1v) is 6.48. The van der Waals surface area contributed by atoms with E-state index in [1.54, 1.807) is 0 Å². The molecule has 2 aliphatic heterocycles. The Morgan fingerprint density at radius 2 is 1.57 bits per heavy atom. The summed E-state index contributed by atoms with van der Waals surface area (Å²) < 4.78 is 15.0. The summed E-state index contributed by atoms with van der Waals surface area (Å²) in [5, 5.41) is 66.8. The van der Waals surface area contributed by atoms with Crippen LogP contribution in [-0.4, -0.2) is 104 Å². The van der Waals surface area contributed by atoms with Gasteiger partial charge >= 0.3 is 0 Å². The number of aliphatic hydroxyl groups is 7. The summed E-state index contributed by atoms with van der Waals surface area (Å²) in [5.41, 5.74) is 0. The van der Waals surface area contributed by atoms with Crippen LogP contribution in [0.4, 0.5) is 0 Å². The number of hydrogen-bond acceptors (Lipinski definition) is 10. The van der Waals surface area contributed by atoms with E-state index in [0.717, 1.165) is 0 Å². The molecule has 2 saturated heterocycles. The van der Waals surface area contributed by atoms with Gasteiger partial charge in [0.2, 0.25) is 0 Å². The zero-order valence-corrected chi connectivity index (χ0v) is 11.0. The lowest BCUT2D eigenvalue weighted by molar-refractivity contribution is -0.352. The molecular formula is C11H20O10. The van der Waals surface area contributed by atoms with E-state index in [0.29, 0.717) is 0 Å². The molecule has 0 aliphatic carbocycles. The zero-order valence-electron chi connectivity index (χ0n) is 11.0. The summed E-state index contributed by atoms with van der Waals surface area (Å²) in [7, 11) is 0. The van der Waals surface area contributed by atoms with Crippen LogP contribution in [0.25, 0.3) is 0 Å². The van der Waals surface area contributed by atoms with Gasteiger partial charge in [0.1, 0.15) is 42.7 Å². The fourth-order valence-electron chi connectivity index (χ4n) is 2.26. The third-order valence-corrected chi connectivity index (χ3v) is 3.59. The van der Waals surface area contributed by atoms with Crippen molar-refractivity contribution in [2.45, 2.75) is 55.3 Å². The highest BCUT2D eigenvalue weighted by molar-refractivity contribution is 4.91. The lowest BCUT2D eigenvalue weighted by Crippen LogP contribution is -2.62. The zero-order chi connectivity index (χ0) is 15.7. The maximum Gasteiger partial charge on any atom is 0.187 e. The minimum Gasteiger partial charge on any atom is -0.394 e. The summed E-state index contributed by atoms with van der Waals surface area (Å²) in [5.74, 6) is 0. The molecule has 0 bridgehead atoms. The van der Waals surface area contributed by atoms with Gasteiger partial charge in [-0.05, 0) is 0 Å². The lowest BCUT2D eigenvalue weighted by atomic mass is 9.99. The first-order valence-electron chi connectivity index (χ1n) is 6.48. The molecule has 10 heteroatoms. The second-order valence-corrected chi connectivity index (χ2v) is 5.08. The molecule has 124 valence electrons. The van der Waals surface area contributed by atoms with E-state index in [2.05, 4.69) is 0 Å². The lowest BCUT2D eigenvalue weighted by Gasteiger charge is -2.43. The Bertz CT molecular complexity index is 339. The second-order valence-electron chi connectivity index (χ2n) is 5.08. The SMILES string of the molecule is OC[C@H]1O[C@@H](O[C@H]2[C@H](O)[C@@H](O)CO[C@H]2O)[C@H](O)[C@H](O)[C@@H]1O. The molecule has 0 unspecified atom stereocenters. The van der Waals surface area contributed by atoms with Gasteiger partial charge in [0.05, 0.1) is 13.2 Å². The van der Waals surface area contributed by atoms with E-state index in [4.69, 9.17) is 19.3 Å².